The molecule has 4 aromatic carbocycles. The molecule has 240 valence electrons. The van der Waals surface area contributed by atoms with Gasteiger partial charge in [-0.1, -0.05) is 111 Å². The molecule has 2 N–H and O–H groups in total. The Labute approximate surface area is 280 Å². The topological polar surface area (TPSA) is 90.3 Å². The van der Waals surface area contributed by atoms with Gasteiger partial charge in [0.25, 0.3) is 5.91 Å². The average Bonchev–Trinajstić information content (AvgIpc) is 3.49. The first kappa shape index (κ1) is 31.9. The minimum atomic E-state index is -0.529. The third kappa shape index (κ3) is 7.36. The molecule has 47 heavy (non-hydrogen) atoms. The summed E-state index contributed by atoms with van der Waals surface area (Å²) in [7, 11) is 1.58. The number of methoxy groups -OCH3 is 1. The Kier molecular flexibility index (Phi) is 9.36. The predicted octanol–water partition coefficient (Wildman–Crippen LogP) is 8.38. The molecule has 2 heterocycles. The fraction of sp³-hybridized carbons (Fsp3) is 0.237. The van der Waals surface area contributed by atoms with Gasteiger partial charge in [0, 0.05) is 11.4 Å². The highest BCUT2D eigenvalue weighted by atomic mass is 32.2. The van der Waals surface area contributed by atoms with Crippen LogP contribution in [-0.4, -0.2) is 27.8 Å². The maximum atomic E-state index is 14.0. The van der Waals surface area contributed by atoms with Gasteiger partial charge in [-0.15, -0.1) is 5.10 Å². The second-order valence-corrected chi connectivity index (χ2v) is 13.4. The van der Waals surface area contributed by atoms with Crippen LogP contribution in [0.2, 0.25) is 0 Å². The molecule has 6 rings (SSSR count). The van der Waals surface area contributed by atoms with Gasteiger partial charge >= 0.3 is 0 Å². The summed E-state index contributed by atoms with van der Waals surface area (Å²) in [5.74, 6) is 2.36. The molecule has 0 saturated heterocycles. The molecule has 0 aliphatic carbocycles. The third-order valence-corrected chi connectivity index (χ3v) is 8.97. The summed E-state index contributed by atoms with van der Waals surface area (Å²) in [4.78, 5) is 18.8. The molecule has 1 atom stereocenters. The van der Waals surface area contributed by atoms with Gasteiger partial charge in [0.15, 0.2) is 0 Å². The van der Waals surface area contributed by atoms with Crippen molar-refractivity contribution in [3.63, 3.8) is 0 Å². The van der Waals surface area contributed by atoms with Crippen LogP contribution in [-0.2, 0) is 22.6 Å². The summed E-state index contributed by atoms with van der Waals surface area (Å²) >= 11 is 1.55. The summed E-state index contributed by atoms with van der Waals surface area (Å²) in [6.45, 7) is 8.97. The molecular weight excluding hydrogens is 607 g/mol. The van der Waals surface area contributed by atoms with E-state index in [0.717, 1.165) is 22.6 Å². The van der Waals surface area contributed by atoms with Crippen molar-refractivity contribution >= 4 is 29.3 Å². The van der Waals surface area contributed by atoms with E-state index in [1.165, 1.54) is 11.1 Å². The van der Waals surface area contributed by atoms with Crippen LogP contribution >= 0.6 is 11.8 Å². The number of amides is 1. The highest BCUT2D eigenvalue weighted by molar-refractivity contribution is 7.98. The summed E-state index contributed by atoms with van der Waals surface area (Å²) in [5, 5.41) is 11.9. The Morgan fingerprint density at radius 2 is 1.62 bits per heavy atom. The number of hydrogen-bond donors (Lipinski definition) is 2. The number of anilines is 2. The van der Waals surface area contributed by atoms with E-state index in [-0.39, 0.29) is 11.3 Å². The molecule has 1 unspecified atom stereocenters. The Bertz CT molecular complexity index is 1880. The zero-order valence-corrected chi connectivity index (χ0v) is 28.1. The van der Waals surface area contributed by atoms with E-state index in [2.05, 4.69) is 67.8 Å². The van der Waals surface area contributed by atoms with Gasteiger partial charge in [0.05, 0.1) is 18.4 Å². The lowest BCUT2D eigenvalue weighted by Crippen LogP contribution is -2.31. The van der Waals surface area contributed by atoms with Gasteiger partial charge in [0.1, 0.15) is 24.1 Å². The summed E-state index contributed by atoms with van der Waals surface area (Å²) in [6, 6.07) is 33.4. The number of aromatic nitrogens is 3. The van der Waals surface area contributed by atoms with Gasteiger partial charge < -0.3 is 20.1 Å². The quantitative estimate of drug-likeness (QED) is 0.148. The number of nitrogens with zero attached hydrogens (tertiary/aromatic N) is 3. The van der Waals surface area contributed by atoms with Crippen molar-refractivity contribution in [3.05, 3.63) is 137 Å². The SMILES string of the molecule is COc1ccccc1NC(=O)C1=C(C)Nc2nc(SCc3ccccc3)nn2C1c1ccc(OCc2ccc(C(C)(C)C)cc2)cc1. The molecule has 0 bridgehead atoms. The number of benzene rings is 4. The molecule has 0 fully saturated rings. The standard InChI is InChI=1S/C38H39N5O3S/c1-25-33(35(44)40-31-13-9-10-14-32(31)45-5)34(43-36(39-25)41-37(42-43)47-24-27-11-7-6-8-12-27)28-17-21-30(22-18-28)46-23-26-15-19-29(20-16-26)38(2,3)4/h6-22,34H,23-24H2,1-5H3,(H,40,44)(H,39,41,42). The number of fused-ring (bicyclic) bond motifs is 1. The number of allylic oxidation sites excluding steroid dienone is 1. The highest BCUT2D eigenvalue weighted by Gasteiger charge is 2.34. The second-order valence-electron chi connectivity index (χ2n) is 12.5. The molecule has 1 amide bonds. The Morgan fingerprint density at radius 3 is 2.32 bits per heavy atom. The maximum absolute atomic E-state index is 14.0. The molecular formula is C38H39N5O3S. The van der Waals surface area contributed by atoms with E-state index >= 15 is 0 Å². The fourth-order valence-electron chi connectivity index (χ4n) is 5.47. The molecule has 1 aliphatic rings. The zero-order valence-electron chi connectivity index (χ0n) is 27.3. The van der Waals surface area contributed by atoms with Gasteiger partial charge in [-0.2, -0.15) is 4.98 Å². The van der Waals surface area contributed by atoms with E-state index in [0.29, 0.717) is 40.4 Å². The molecule has 8 nitrogen and oxygen atoms in total. The van der Waals surface area contributed by atoms with Gasteiger partial charge in [-0.3, -0.25) is 4.79 Å². The zero-order chi connectivity index (χ0) is 33.0. The van der Waals surface area contributed by atoms with Gasteiger partial charge in [-0.25, -0.2) is 4.68 Å². The second kappa shape index (κ2) is 13.8. The number of carbonyl (C=O) groups excluding carboxylic acids is 1. The van der Waals surface area contributed by atoms with E-state index in [4.69, 9.17) is 19.6 Å². The van der Waals surface area contributed by atoms with Crippen molar-refractivity contribution in [1.82, 2.24) is 14.8 Å². The summed E-state index contributed by atoms with van der Waals surface area (Å²) in [5.41, 5.74) is 6.36. The van der Waals surface area contributed by atoms with E-state index in [1.807, 2.05) is 73.7 Å². The normalized spacial score (nSPS) is 14.3. The van der Waals surface area contributed by atoms with Gasteiger partial charge in [0.2, 0.25) is 11.1 Å². The van der Waals surface area contributed by atoms with Crippen LogP contribution in [0.5, 0.6) is 11.5 Å². The molecule has 1 aromatic heterocycles. The largest absolute Gasteiger partial charge is 0.495 e. The van der Waals surface area contributed by atoms with Crippen molar-refractivity contribution in [2.24, 2.45) is 0 Å². The Balaban J connectivity index is 1.27. The number of para-hydroxylation sites is 2. The smallest absolute Gasteiger partial charge is 0.255 e. The fourth-order valence-corrected chi connectivity index (χ4v) is 6.25. The first-order chi connectivity index (χ1) is 22.7. The third-order valence-electron chi connectivity index (χ3n) is 8.07. The number of thioether (sulfide) groups is 1. The van der Waals surface area contributed by atoms with E-state index in [9.17, 15) is 4.79 Å². The lowest BCUT2D eigenvalue weighted by Gasteiger charge is -2.29. The number of nitrogens with one attached hydrogen (secondary N) is 2. The maximum Gasteiger partial charge on any atom is 0.255 e. The van der Waals surface area contributed by atoms with Crippen molar-refractivity contribution < 1.29 is 14.3 Å². The number of carbonyl (C=O) groups is 1. The molecule has 0 spiro atoms. The van der Waals surface area contributed by atoms with Crippen LogP contribution in [0.3, 0.4) is 0 Å². The summed E-state index contributed by atoms with van der Waals surface area (Å²) in [6.07, 6.45) is 0. The first-order valence-corrected chi connectivity index (χ1v) is 16.6. The average molecular weight is 646 g/mol. The van der Waals surface area contributed by atoms with Crippen molar-refractivity contribution in [2.75, 3.05) is 17.7 Å². The van der Waals surface area contributed by atoms with Crippen molar-refractivity contribution in [3.8, 4) is 11.5 Å². The van der Waals surface area contributed by atoms with Gasteiger partial charge in [-0.05, 0) is 58.9 Å². The van der Waals surface area contributed by atoms with Crippen molar-refractivity contribution in [2.45, 2.75) is 56.7 Å². The number of rotatable bonds is 10. The lowest BCUT2D eigenvalue weighted by molar-refractivity contribution is -0.113. The molecule has 0 saturated carbocycles. The van der Waals surface area contributed by atoms with E-state index in [1.54, 1.807) is 23.6 Å². The summed E-state index contributed by atoms with van der Waals surface area (Å²) < 4.78 is 13.4. The number of ether oxygens (including phenoxy) is 2. The Hall–Kier alpha value is -5.02. The number of hydrogen-bond acceptors (Lipinski definition) is 7. The van der Waals surface area contributed by atoms with Crippen LogP contribution in [0, 0.1) is 0 Å². The highest BCUT2D eigenvalue weighted by Crippen LogP contribution is 2.38. The van der Waals surface area contributed by atoms with Crippen molar-refractivity contribution in [1.29, 1.82) is 0 Å². The first-order valence-electron chi connectivity index (χ1n) is 15.6. The minimum Gasteiger partial charge on any atom is -0.495 e. The van der Waals surface area contributed by atoms with Crippen LogP contribution in [0.25, 0.3) is 0 Å². The van der Waals surface area contributed by atoms with Crippen LogP contribution in [0.1, 0.15) is 56.0 Å². The van der Waals surface area contributed by atoms with Crippen LogP contribution in [0.4, 0.5) is 11.6 Å². The predicted molar refractivity (Wildman–Crippen MR) is 188 cm³/mol. The molecule has 5 aromatic rings. The van der Waals surface area contributed by atoms with E-state index < -0.39 is 6.04 Å². The Morgan fingerprint density at radius 1 is 0.915 bits per heavy atom. The molecule has 0 radical (unpaired) electrons. The minimum absolute atomic E-state index is 0.102. The van der Waals surface area contributed by atoms with Crippen LogP contribution in [0.15, 0.2) is 120 Å². The molecule has 9 heteroatoms. The lowest BCUT2D eigenvalue weighted by atomic mass is 9.87. The van der Waals surface area contributed by atoms with Crippen LogP contribution < -0.4 is 20.1 Å². The monoisotopic (exact) mass is 645 g/mol. The molecule has 1 aliphatic heterocycles.